The molecule has 39 heavy (non-hydrogen) atoms. The fourth-order valence-electron chi connectivity index (χ4n) is 7.14. The molecule has 2 heterocycles. The van der Waals surface area contributed by atoms with Crippen molar-refractivity contribution in [3.05, 3.63) is 23.3 Å². The second-order valence-electron chi connectivity index (χ2n) is 12.4. The average molecular weight is 562 g/mol. The van der Waals surface area contributed by atoms with Crippen molar-refractivity contribution < 1.29 is 17.9 Å². The topological polar surface area (TPSA) is 70.2 Å². The summed E-state index contributed by atoms with van der Waals surface area (Å²) in [4.78, 5) is 18.6. The van der Waals surface area contributed by atoms with Crippen LogP contribution >= 0.6 is 0 Å². The van der Waals surface area contributed by atoms with Gasteiger partial charge in [-0.15, -0.1) is 0 Å². The van der Waals surface area contributed by atoms with Crippen molar-refractivity contribution in [3.8, 4) is 5.75 Å². The van der Waals surface area contributed by atoms with Gasteiger partial charge in [-0.2, -0.15) is 0 Å². The van der Waals surface area contributed by atoms with Crippen LogP contribution in [0, 0.1) is 25.7 Å². The molecule has 0 unspecified atom stereocenters. The van der Waals surface area contributed by atoms with Gasteiger partial charge in [0, 0.05) is 39.0 Å². The first-order chi connectivity index (χ1) is 18.7. The van der Waals surface area contributed by atoms with E-state index in [4.69, 9.17) is 4.74 Å². The summed E-state index contributed by atoms with van der Waals surface area (Å²) in [6.45, 7) is 10.2. The van der Waals surface area contributed by atoms with Crippen LogP contribution in [0.5, 0.6) is 5.75 Å². The Kier molecular flexibility index (Phi) is 10.9. The first-order valence-corrected chi connectivity index (χ1v) is 16.7. The molecule has 3 fully saturated rings. The van der Waals surface area contributed by atoms with E-state index in [1.54, 1.807) is 40.1 Å². The summed E-state index contributed by atoms with van der Waals surface area (Å²) in [6, 6.07) is 4.17. The predicted octanol–water partition coefficient (Wildman–Crippen LogP) is 5.04. The van der Waals surface area contributed by atoms with Gasteiger partial charge in [0.1, 0.15) is 11.5 Å². The van der Waals surface area contributed by atoms with Crippen molar-refractivity contribution >= 4 is 15.8 Å². The van der Waals surface area contributed by atoms with Crippen molar-refractivity contribution in [3.63, 3.8) is 0 Å². The highest BCUT2D eigenvalue weighted by molar-refractivity contribution is 7.89. The minimum atomic E-state index is -3.67. The zero-order valence-electron chi connectivity index (χ0n) is 24.8. The van der Waals surface area contributed by atoms with Crippen LogP contribution in [0.1, 0.15) is 81.8 Å². The molecule has 1 aliphatic carbocycles. The highest BCUT2D eigenvalue weighted by Crippen LogP contribution is 2.33. The van der Waals surface area contributed by atoms with Crippen LogP contribution in [0.25, 0.3) is 0 Å². The van der Waals surface area contributed by atoms with Gasteiger partial charge in [0.2, 0.25) is 10.0 Å². The molecule has 8 heteroatoms. The van der Waals surface area contributed by atoms with E-state index in [0.29, 0.717) is 40.2 Å². The molecule has 0 amide bonds. The maximum absolute atomic E-state index is 13.2. The molecule has 1 saturated carbocycles. The number of benzene rings is 1. The lowest BCUT2D eigenvalue weighted by molar-refractivity contribution is -0.120. The number of piperidine rings is 2. The number of methoxy groups -OCH3 is 1. The van der Waals surface area contributed by atoms with Crippen LogP contribution in [0.4, 0.5) is 0 Å². The molecule has 220 valence electrons. The highest BCUT2D eigenvalue weighted by Gasteiger charge is 2.31. The lowest BCUT2D eigenvalue weighted by Gasteiger charge is -2.42. The first kappa shape index (κ1) is 30.5. The Morgan fingerprint density at radius 2 is 1.54 bits per heavy atom. The van der Waals surface area contributed by atoms with E-state index in [2.05, 4.69) is 9.80 Å². The monoisotopic (exact) mass is 561 g/mol. The Hall–Kier alpha value is -1.48. The molecule has 2 aliphatic heterocycles. The van der Waals surface area contributed by atoms with Crippen LogP contribution in [0.15, 0.2) is 17.0 Å². The third-order valence-electron chi connectivity index (χ3n) is 9.51. The smallest absolute Gasteiger partial charge is 0.243 e. The third-order valence-corrected chi connectivity index (χ3v) is 11.7. The predicted molar refractivity (Wildman–Crippen MR) is 157 cm³/mol. The lowest BCUT2D eigenvalue weighted by atomic mass is 9.81. The summed E-state index contributed by atoms with van der Waals surface area (Å²) in [6.07, 6.45) is 12.3. The minimum Gasteiger partial charge on any atom is -0.497 e. The van der Waals surface area contributed by atoms with Gasteiger partial charge in [-0.05, 0) is 126 Å². The average Bonchev–Trinajstić information content (AvgIpc) is 2.92. The van der Waals surface area contributed by atoms with Gasteiger partial charge in [-0.3, -0.25) is 4.79 Å². The lowest BCUT2D eigenvalue weighted by Crippen LogP contribution is -2.45. The molecule has 0 bridgehead atoms. The minimum absolute atomic E-state index is 0.183. The molecule has 7 nitrogen and oxygen atoms in total. The van der Waals surface area contributed by atoms with Crippen molar-refractivity contribution in [1.82, 2.24) is 14.1 Å². The van der Waals surface area contributed by atoms with Gasteiger partial charge in [-0.25, -0.2) is 12.7 Å². The molecule has 0 N–H and O–H groups in total. The first-order valence-electron chi connectivity index (χ1n) is 15.3. The largest absolute Gasteiger partial charge is 0.497 e. The number of carbonyl (C=O) groups is 1. The number of rotatable bonds is 11. The van der Waals surface area contributed by atoms with Crippen molar-refractivity contribution in [2.75, 3.05) is 53.4 Å². The summed E-state index contributed by atoms with van der Waals surface area (Å²) in [5.41, 5.74) is 1.32. The molecule has 2 saturated heterocycles. The summed E-state index contributed by atoms with van der Waals surface area (Å²) in [5, 5.41) is 0. The Balaban J connectivity index is 1.16. The second kappa shape index (κ2) is 13.9. The number of hydrogen-bond acceptors (Lipinski definition) is 6. The highest BCUT2D eigenvalue weighted by atomic mass is 32.2. The summed E-state index contributed by atoms with van der Waals surface area (Å²) in [7, 11) is -0.517. The van der Waals surface area contributed by atoms with Crippen molar-refractivity contribution in [2.45, 2.75) is 95.4 Å². The quantitative estimate of drug-likeness (QED) is 0.377. The van der Waals surface area contributed by atoms with Gasteiger partial charge in [0.05, 0.1) is 12.0 Å². The molecular weight excluding hydrogens is 510 g/mol. The molecular formula is C31H51N3O4S. The molecule has 0 aromatic heterocycles. The SMILES string of the molecule is COc1cc(C)c(S(=O)(=O)N(C)CCC(=O)CC2CCC(N3CCC(CN4CCCCC4)CC3)CC2)c(C)c1. The van der Waals surface area contributed by atoms with Gasteiger partial charge in [0.25, 0.3) is 0 Å². The van der Waals surface area contributed by atoms with Crippen molar-refractivity contribution in [2.24, 2.45) is 11.8 Å². The van der Waals surface area contributed by atoms with Gasteiger partial charge >= 0.3 is 0 Å². The van der Waals surface area contributed by atoms with E-state index in [0.717, 1.165) is 18.8 Å². The summed E-state index contributed by atoms with van der Waals surface area (Å²) < 4.78 is 33.1. The molecule has 0 radical (unpaired) electrons. The van der Waals surface area contributed by atoms with Crippen LogP contribution in [0.3, 0.4) is 0 Å². The van der Waals surface area contributed by atoms with E-state index in [-0.39, 0.29) is 18.7 Å². The molecule has 0 spiro atoms. The number of sulfonamides is 1. The van der Waals surface area contributed by atoms with Gasteiger partial charge in [0.15, 0.2) is 0 Å². The standard InChI is InChI=1S/C31H51N3O4S/c1-24-20-30(38-4)21-25(2)31(24)39(36,37)32(3)17-14-29(35)22-26-8-10-28(11-9-26)34-18-12-27(13-19-34)23-33-15-6-5-7-16-33/h20-21,26-28H,5-19,22-23H2,1-4H3. The van der Waals surface area contributed by atoms with E-state index < -0.39 is 10.0 Å². The maximum Gasteiger partial charge on any atom is 0.243 e. The summed E-state index contributed by atoms with van der Waals surface area (Å²) in [5.74, 6) is 2.14. The molecule has 4 rings (SSSR count). The molecule has 0 atom stereocenters. The number of ether oxygens (including phenoxy) is 1. The Morgan fingerprint density at radius 3 is 2.13 bits per heavy atom. The third kappa shape index (κ3) is 8.05. The van der Waals surface area contributed by atoms with Gasteiger partial charge in [-0.1, -0.05) is 6.42 Å². The van der Waals surface area contributed by atoms with Crippen LogP contribution < -0.4 is 4.74 Å². The van der Waals surface area contributed by atoms with E-state index in [1.165, 1.54) is 82.0 Å². The maximum atomic E-state index is 13.2. The molecule has 1 aromatic carbocycles. The fourth-order valence-corrected chi connectivity index (χ4v) is 8.71. The Morgan fingerprint density at radius 1 is 0.923 bits per heavy atom. The number of hydrogen-bond donors (Lipinski definition) is 0. The zero-order valence-corrected chi connectivity index (χ0v) is 25.6. The number of carbonyl (C=O) groups excluding carboxylic acids is 1. The van der Waals surface area contributed by atoms with E-state index >= 15 is 0 Å². The Labute approximate surface area is 237 Å². The van der Waals surface area contributed by atoms with E-state index in [9.17, 15) is 13.2 Å². The second-order valence-corrected chi connectivity index (χ2v) is 14.4. The van der Waals surface area contributed by atoms with Crippen LogP contribution in [0.2, 0.25) is 0 Å². The number of likely N-dealkylation sites (tertiary alicyclic amines) is 2. The number of Topliss-reactive ketones (excluding diaryl/α,β-unsaturated/α-hetero) is 1. The molecule has 3 aliphatic rings. The molecule has 1 aromatic rings. The van der Waals surface area contributed by atoms with E-state index in [1.807, 2.05) is 0 Å². The normalized spacial score (nSPS) is 24.2. The number of nitrogens with zero attached hydrogens (tertiary/aromatic N) is 3. The van der Waals surface area contributed by atoms with Crippen molar-refractivity contribution in [1.29, 1.82) is 0 Å². The fraction of sp³-hybridized carbons (Fsp3) is 0.774. The summed E-state index contributed by atoms with van der Waals surface area (Å²) >= 11 is 0. The Bertz CT molecular complexity index is 1030. The number of aryl methyl sites for hydroxylation is 2. The van der Waals surface area contributed by atoms with Crippen LogP contribution in [-0.4, -0.2) is 87.8 Å². The van der Waals surface area contributed by atoms with Gasteiger partial charge < -0.3 is 14.5 Å². The zero-order chi connectivity index (χ0) is 28.0. The number of ketones is 1. The van der Waals surface area contributed by atoms with Crippen LogP contribution in [-0.2, 0) is 14.8 Å².